The van der Waals surface area contributed by atoms with Crippen LogP contribution >= 0.6 is 0 Å². The number of imide groups is 1. The van der Waals surface area contributed by atoms with Gasteiger partial charge in [-0.25, -0.2) is 4.79 Å². The van der Waals surface area contributed by atoms with Crippen LogP contribution in [0.4, 0.5) is 4.79 Å². The number of urea groups is 1. The van der Waals surface area contributed by atoms with Crippen molar-refractivity contribution in [3.8, 4) is 11.5 Å². The summed E-state index contributed by atoms with van der Waals surface area (Å²) in [5.41, 5.74) is -0.764. The van der Waals surface area contributed by atoms with Gasteiger partial charge in [0, 0.05) is 13.1 Å². The first-order valence-corrected chi connectivity index (χ1v) is 9.49. The van der Waals surface area contributed by atoms with Crippen molar-refractivity contribution < 1.29 is 28.6 Å². The molecule has 3 rings (SSSR count). The van der Waals surface area contributed by atoms with E-state index in [1.165, 1.54) is 14.2 Å². The zero-order chi connectivity index (χ0) is 21.3. The van der Waals surface area contributed by atoms with Crippen LogP contribution in [0.3, 0.4) is 0 Å². The fourth-order valence-corrected chi connectivity index (χ4v) is 3.80. The van der Waals surface area contributed by atoms with Gasteiger partial charge in [-0.2, -0.15) is 0 Å². The Balaban J connectivity index is 1.79. The molecule has 0 aliphatic carbocycles. The van der Waals surface area contributed by atoms with Crippen LogP contribution in [0.25, 0.3) is 0 Å². The fourth-order valence-electron chi connectivity index (χ4n) is 3.80. The predicted octanol–water partition coefficient (Wildman–Crippen LogP) is 1.11. The number of methoxy groups -OCH3 is 2. The van der Waals surface area contributed by atoms with Gasteiger partial charge in [-0.1, -0.05) is 6.07 Å². The lowest BCUT2D eigenvalue weighted by molar-refractivity contribution is -0.146. The molecule has 0 saturated carbocycles. The number of hydrogen-bond donors (Lipinski definition) is 1. The number of carbonyl (C=O) groups excluding carboxylic acids is 3. The Morgan fingerprint density at radius 3 is 2.38 bits per heavy atom. The largest absolute Gasteiger partial charge is 0.493 e. The molecule has 0 aromatic heterocycles. The third-order valence-electron chi connectivity index (χ3n) is 5.30. The van der Waals surface area contributed by atoms with Gasteiger partial charge in [0.25, 0.3) is 5.91 Å². The lowest BCUT2D eigenvalue weighted by Gasteiger charge is -2.35. The Labute approximate surface area is 169 Å². The van der Waals surface area contributed by atoms with Gasteiger partial charge in [0.05, 0.1) is 26.4 Å². The summed E-state index contributed by atoms with van der Waals surface area (Å²) < 4.78 is 16.2. The highest BCUT2D eigenvalue weighted by atomic mass is 16.5. The second-order valence-corrected chi connectivity index (χ2v) is 7.57. The van der Waals surface area contributed by atoms with E-state index in [1.54, 1.807) is 30.0 Å². The number of rotatable bonds is 5. The molecule has 158 valence electrons. The Bertz CT molecular complexity index is 818. The van der Waals surface area contributed by atoms with Crippen molar-refractivity contribution in [1.29, 1.82) is 0 Å². The number of nitrogens with one attached hydrogen (secondary N) is 1. The predicted molar refractivity (Wildman–Crippen MR) is 104 cm³/mol. The third-order valence-corrected chi connectivity index (χ3v) is 5.30. The maximum absolute atomic E-state index is 13.1. The van der Waals surface area contributed by atoms with Crippen LogP contribution in [-0.2, 0) is 19.9 Å². The molecule has 3 unspecified atom stereocenters. The van der Waals surface area contributed by atoms with Crippen LogP contribution in [0.5, 0.6) is 11.5 Å². The lowest BCUT2D eigenvalue weighted by atomic mass is 9.91. The molecule has 0 radical (unpaired) electrons. The van der Waals surface area contributed by atoms with Gasteiger partial charge in [0.2, 0.25) is 5.91 Å². The molecule has 9 nitrogen and oxygen atoms in total. The van der Waals surface area contributed by atoms with Crippen molar-refractivity contribution in [2.45, 2.75) is 38.5 Å². The highest BCUT2D eigenvalue weighted by Crippen LogP contribution is 2.35. The van der Waals surface area contributed by atoms with Crippen molar-refractivity contribution in [3.05, 3.63) is 23.8 Å². The van der Waals surface area contributed by atoms with Crippen molar-refractivity contribution in [2.24, 2.45) is 0 Å². The molecule has 2 fully saturated rings. The van der Waals surface area contributed by atoms with Gasteiger partial charge in [0.1, 0.15) is 12.1 Å². The summed E-state index contributed by atoms with van der Waals surface area (Å²) >= 11 is 0. The average molecular weight is 405 g/mol. The zero-order valence-corrected chi connectivity index (χ0v) is 17.4. The van der Waals surface area contributed by atoms with Crippen LogP contribution in [0.15, 0.2) is 18.2 Å². The number of hydrogen-bond acceptors (Lipinski definition) is 6. The van der Waals surface area contributed by atoms with Gasteiger partial charge in [-0.15, -0.1) is 0 Å². The molecule has 0 bridgehead atoms. The van der Waals surface area contributed by atoms with E-state index in [2.05, 4.69) is 5.32 Å². The summed E-state index contributed by atoms with van der Waals surface area (Å²) in [5, 5.41) is 2.71. The van der Waals surface area contributed by atoms with Crippen molar-refractivity contribution in [3.63, 3.8) is 0 Å². The Morgan fingerprint density at radius 1 is 1.17 bits per heavy atom. The lowest BCUT2D eigenvalue weighted by Crippen LogP contribution is -2.52. The molecule has 2 heterocycles. The smallest absolute Gasteiger partial charge is 0.325 e. The number of morpholine rings is 1. The van der Waals surface area contributed by atoms with Crippen LogP contribution in [0.1, 0.15) is 26.3 Å². The molecule has 29 heavy (non-hydrogen) atoms. The van der Waals surface area contributed by atoms with Crippen LogP contribution in [-0.4, -0.2) is 73.7 Å². The number of carbonyl (C=O) groups is 3. The van der Waals surface area contributed by atoms with Crippen LogP contribution < -0.4 is 14.8 Å². The van der Waals surface area contributed by atoms with Gasteiger partial charge >= 0.3 is 6.03 Å². The molecule has 0 spiro atoms. The van der Waals surface area contributed by atoms with E-state index < -0.39 is 17.5 Å². The molecule has 9 heteroatoms. The van der Waals surface area contributed by atoms with E-state index in [4.69, 9.17) is 14.2 Å². The third kappa shape index (κ3) is 3.87. The first-order chi connectivity index (χ1) is 13.7. The van der Waals surface area contributed by atoms with E-state index in [-0.39, 0.29) is 24.7 Å². The highest BCUT2D eigenvalue weighted by molar-refractivity contribution is 6.09. The number of benzene rings is 1. The SMILES string of the molecule is COc1ccc(C2(C)NC(=O)N(CC(=O)N3CC(C)OC(C)C3)C2=O)cc1OC. The fraction of sp³-hybridized carbons (Fsp3) is 0.550. The zero-order valence-electron chi connectivity index (χ0n) is 17.4. The van der Waals surface area contributed by atoms with E-state index in [1.807, 2.05) is 13.8 Å². The van der Waals surface area contributed by atoms with E-state index in [0.29, 0.717) is 30.2 Å². The van der Waals surface area contributed by atoms with Crippen molar-refractivity contribution in [2.75, 3.05) is 33.9 Å². The minimum absolute atomic E-state index is 0.0946. The standard InChI is InChI=1S/C20H27N3O6/c1-12-9-22(10-13(2)29-12)17(24)11-23-18(25)20(3,21-19(23)26)14-6-7-15(27-4)16(8-14)28-5/h6-8,12-13H,9-11H2,1-5H3,(H,21,26). The van der Waals surface area contributed by atoms with E-state index >= 15 is 0 Å². The molecule has 4 amide bonds. The first-order valence-electron chi connectivity index (χ1n) is 9.49. The topological polar surface area (TPSA) is 97.4 Å². The molecule has 1 aromatic rings. The number of nitrogens with zero attached hydrogens (tertiary/aromatic N) is 2. The molecule has 1 aromatic carbocycles. The van der Waals surface area contributed by atoms with E-state index in [9.17, 15) is 14.4 Å². The van der Waals surface area contributed by atoms with Gasteiger partial charge < -0.3 is 24.4 Å². The van der Waals surface area contributed by atoms with Gasteiger partial charge in [-0.05, 0) is 38.5 Å². The average Bonchev–Trinajstić information content (AvgIpc) is 2.90. The molecule has 2 aliphatic heterocycles. The maximum atomic E-state index is 13.1. The Morgan fingerprint density at radius 2 is 1.79 bits per heavy atom. The summed E-state index contributed by atoms with van der Waals surface area (Å²) in [5.74, 6) is 0.183. The highest BCUT2D eigenvalue weighted by Gasteiger charge is 2.50. The molecule has 1 N–H and O–H groups in total. The molecule has 3 atom stereocenters. The second-order valence-electron chi connectivity index (χ2n) is 7.57. The molecular formula is C20H27N3O6. The van der Waals surface area contributed by atoms with E-state index in [0.717, 1.165) is 4.90 Å². The van der Waals surface area contributed by atoms with Gasteiger partial charge in [-0.3, -0.25) is 14.5 Å². The summed E-state index contributed by atoms with van der Waals surface area (Å²) in [4.78, 5) is 41.0. The molecule has 2 aliphatic rings. The minimum Gasteiger partial charge on any atom is -0.493 e. The maximum Gasteiger partial charge on any atom is 0.325 e. The Hall–Kier alpha value is -2.81. The monoisotopic (exact) mass is 405 g/mol. The van der Waals surface area contributed by atoms with Crippen molar-refractivity contribution in [1.82, 2.24) is 15.1 Å². The second kappa shape index (κ2) is 7.90. The van der Waals surface area contributed by atoms with Gasteiger partial charge in [0.15, 0.2) is 11.5 Å². The summed E-state index contributed by atoms with van der Waals surface area (Å²) in [6, 6.07) is 4.41. The summed E-state index contributed by atoms with van der Waals surface area (Å²) in [6.07, 6.45) is -0.189. The number of ether oxygens (including phenoxy) is 3. The molecule has 2 saturated heterocycles. The normalized spacial score (nSPS) is 27.1. The molecular weight excluding hydrogens is 378 g/mol. The van der Waals surface area contributed by atoms with Crippen LogP contribution in [0, 0.1) is 0 Å². The number of amides is 4. The first kappa shape index (κ1) is 20.9. The quantitative estimate of drug-likeness (QED) is 0.737. The summed E-state index contributed by atoms with van der Waals surface area (Å²) in [7, 11) is 3.01. The summed E-state index contributed by atoms with van der Waals surface area (Å²) in [6.45, 7) is 5.93. The van der Waals surface area contributed by atoms with Crippen molar-refractivity contribution >= 4 is 17.8 Å². The van der Waals surface area contributed by atoms with Crippen LogP contribution in [0.2, 0.25) is 0 Å². The Kier molecular flexibility index (Phi) is 5.70. The minimum atomic E-state index is -1.30.